The minimum atomic E-state index is -1.33. The minimum Gasteiger partial charge on any atom is -0.609 e. The van der Waals surface area contributed by atoms with Crippen LogP contribution in [0.4, 0.5) is 14.3 Å². The van der Waals surface area contributed by atoms with Crippen LogP contribution >= 0.6 is 11.3 Å². The van der Waals surface area contributed by atoms with Crippen LogP contribution in [0.5, 0.6) is 0 Å². The van der Waals surface area contributed by atoms with Gasteiger partial charge in [-0.05, 0) is 63.9 Å². The molecule has 0 spiro atoms. The Labute approximate surface area is 211 Å². The lowest BCUT2D eigenvalue weighted by Crippen LogP contribution is -2.44. The maximum atomic E-state index is 13.5. The fraction of sp³-hybridized carbons (Fsp3) is 0.417. The molecule has 1 fully saturated rings. The molecule has 1 aliphatic rings. The summed E-state index contributed by atoms with van der Waals surface area (Å²) in [7, 11) is 0. The number of carbonyl (C=O) groups excluding carboxylic acids is 1. The Morgan fingerprint density at radius 2 is 1.89 bits per heavy atom. The molecule has 2 aromatic heterocycles. The lowest BCUT2D eigenvalue weighted by Gasteiger charge is -2.33. The Morgan fingerprint density at radius 3 is 2.51 bits per heavy atom. The molecule has 1 N–H and O–H groups in total. The van der Waals surface area contributed by atoms with E-state index in [0.29, 0.717) is 29.6 Å². The minimum absolute atomic E-state index is 0.137. The van der Waals surface area contributed by atoms with Gasteiger partial charge in [-0.2, -0.15) is 9.97 Å². The highest BCUT2D eigenvalue weighted by molar-refractivity contribution is 7.90. The molecule has 0 bridgehead atoms. The first-order valence-corrected chi connectivity index (χ1v) is 13.6. The topological polar surface area (TPSA) is 103 Å². The third kappa shape index (κ3) is 6.47. The van der Waals surface area contributed by atoms with Gasteiger partial charge in [0.2, 0.25) is 0 Å². The van der Waals surface area contributed by atoms with E-state index in [2.05, 4.69) is 15.3 Å². The van der Waals surface area contributed by atoms with Crippen molar-refractivity contribution in [1.82, 2.24) is 19.9 Å². The molecule has 8 nitrogen and oxygen atoms in total. The molecule has 1 aromatic carbocycles. The van der Waals surface area contributed by atoms with Crippen LogP contribution in [0, 0.1) is 5.82 Å². The summed E-state index contributed by atoms with van der Waals surface area (Å²) in [6, 6.07) is 8.03. The standard InChI is InChI=1S/C24H28FN5O3S2/c1-24(2,3)33-23(31)30-13-10-17(11-14-30)27-21-29-19(15-5-7-16(25)8-6-15)20(34-21)18-9-12-26-22(28-18)35(4)32/h5-9,12,17H,10-11,13-14H2,1-4H3,(H,27,29). The summed E-state index contributed by atoms with van der Waals surface area (Å²) in [6.07, 6.45) is 4.33. The van der Waals surface area contributed by atoms with Gasteiger partial charge < -0.3 is 19.5 Å². The highest BCUT2D eigenvalue weighted by Gasteiger charge is 2.28. The maximum absolute atomic E-state index is 13.5. The number of hydrogen-bond acceptors (Lipinski definition) is 8. The third-order valence-electron chi connectivity index (χ3n) is 5.34. The zero-order valence-corrected chi connectivity index (χ0v) is 21.7. The fourth-order valence-electron chi connectivity index (χ4n) is 3.67. The number of amides is 1. The van der Waals surface area contributed by atoms with E-state index in [-0.39, 0.29) is 23.1 Å². The SMILES string of the molecule is C[S+]([O-])c1nccc(-c2sc(NC3CCN(C(=O)OC(C)(C)C)CC3)nc2-c2ccc(F)cc2)n1. The van der Waals surface area contributed by atoms with Gasteiger partial charge in [-0.3, -0.25) is 0 Å². The van der Waals surface area contributed by atoms with Gasteiger partial charge in [0, 0.05) is 42.1 Å². The number of aromatic nitrogens is 3. The molecule has 3 heterocycles. The Bertz CT molecular complexity index is 1170. The average molecular weight is 518 g/mol. The van der Waals surface area contributed by atoms with E-state index in [9.17, 15) is 13.7 Å². The molecule has 3 aromatic rings. The van der Waals surface area contributed by atoms with Crippen LogP contribution in [0.25, 0.3) is 21.8 Å². The Morgan fingerprint density at radius 1 is 1.20 bits per heavy atom. The Balaban J connectivity index is 1.54. The molecule has 0 saturated carbocycles. The summed E-state index contributed by atoms with van der Waals surface area (Å²) in [5, 5.41) is 4.43. The van der Waals surface area contributed by atoms with Gasteiger partial charge in [0.15, 0.2) is 5.13 Å². The van der Waals surface area contributed by atoms with Crippen LogP contribution in [0.1, 0.15) is 33.6 Å². The van der Waals surface area contributed by atoms with Crippen molar-refractivity contribution in [2.45, 2.75) is 50.4 Å². The molecule has 4 rings (SSSR count). The Kier molecular flexibility index (Phi) is 7.58. The number of hydrogen-bond donors (Lipinski definition) is 1. The first kappa shape index (κ1) is 25.3. The van der Waals surface area contributed by atoms with E-state index in [1.54, 1.807) is 29.3 Å². The van der Waals surface area contributed by atoms with Gasteiger partial charge >= 0.3 is 11.2 Å². The molecule has 0 aliphatic carbocycles. The van der Waals surface area contributed by atoms with Crippen LogP contribution in [0.15, 0.2) is 41.7 Å². The largest absolute Gasteiger partial charge is 0.609 e. The van der Waals surface area contributed by atoms with Crippen molar-refractivity contribution >= 4 is 33.7 Å². The molecule has 0 radical (unpaired) electrons. The molecular formula is C24H28FN5O3S2. The predicted molar refractivity (Wildman–Crippen MR) is 135 cm³/mol. The number of likely N-dealkylation sites (tertiary alicyclic amines) is 1. The van der Waals surface area contributed by atoms with Crippen LogP contribution < -0.4 is 5.32 Å². The molecule has 11 heteroatoms. The predicted octanol–water partition coefficient (Wildman–Crippen LogP) is 4.96. The van der Waals surface area contributed by atoms with Crippen molar-refractivity contribution in [3.05, 3.63) is 42.3 Å². The molecule has 1 atom stereocenters. The highest BCUT2D eigenvalue weighted by Crippen LogP contribution is 2.39. The average Bonchev–Trinajstić information content (AvgIpc) is 3.22. The van der Waals surface area contributed by atoms with E-state index >= 15 is 0 Å². The lowest BCUT2D eigenvalue weighted by atomic mass is 10.1. The van der Waals surface area contributed by atoms with Crippen molar-refractivity contribution in [3.63, 3.8) is 0 Å². The molecule has 35 heavy (non-hydrogen) atoms. The quantitative estimate of drug-likeness (QED) is 0.377. The van der Waals surface area contributed by atoms with Gasteiger partial charge in [-0.25, -0.2) is 14.2 Å². The molecule has 1 amide bonds. The number of piperidine rings is 1. The number of carbonyl (C=O) groups is 1. The Hall–Kier alpha value is -2.76. The molecular weight excluding hydrogens is 489 g/mol. The second-order valence-corrected chi connectivity index (χ2v) is 11.5. The lowest BCUT2D eigenvalue weighted by molar-refractivity contribution is 0.0210. The summed E-state index contributed by atoms with van der Waals surface area (Å²) in [5.41, 5.74) is 1.50. The second-order valence-electron chi connectivity index (χ2n) is 9.27. The molecule has 1 saturated heterocycles. The van der Waals surface area contributed by atoms with E-state index in [4.69, 9.17) is 9.72 Å². The first-order valence-electron chi connectivity index (χ1n) is 11.3. The van der Waals surface area contributed by atoms with Gasteiger partial charge in [0.05, 0.1) is 16.3 Å². The first-order chi connectivity index (χ1) is 16.6. The summed E-state index contributed by atoms with van der Waals surface area (Å²) >= 11 is 0.105. The van der Waals surface area contributed by atoms with Gasteiger partial charge in [-0.15, -0.1) is 0 Å². The fourth-order valence-corrected chi connectivity index (χ4v) is 5.14. The van der Waals surface area contributed by atoms with Crippen molar-refractivity contribution in [3.8, 4) is 21.8 Å². The summed E-state index contributed by atoms with van der Waals surface area (Å²) in [6.45, 7) is 6.75. The summed E-state index contributed by atoms with van der Waals surface area (Å²) in [4.78, 5) is 28.2. The van der Waals surface area contributed by atoms with E-state index in [0.717, 1.165) is 23.3 Å². The summed E-state index contributed by atoms with van der Waals surface area (Å²) < 4.78 is 30.9. The van der Waals surface area contributed by atoms with Crippen molar-refractivity contribution in [1.29, 1.82) is 0 Å². The number of anilines is 1. The number of halogens is 1. The van der Waals surface area contributed by atoms with E-state index in [1.807, 2.05) is 20.8 Å². The number of benzene rings is 1. The number of nitrogens with one attached hydrogen (secondary N) is 1. The third-order valence-corrected chi connectivity index (χ3v) is 7.06. The smallest absolute Gasteiger partial charge is 0.410 e. The van der Waals surface area contributed by atoms with Crippen LogP contribution in [-0.4, -0.2) is 61.5 Å². The second kappa shape index (κ2) is 10.5. The monoisotopic (exact) mass is 517 g/mol. The van der Waals surface area contributed by atoms with Crippen LogP contribution in [0.2, 0.25) is 0 Å². The van der Waals surface area contributed by atoms with Gasteiger partial charge in [0.1, 0.15) is 17.7 Å². The van der Waals surface area contributed by atoms with Crippen molar-refractivity contribution < 1.29 is 18.5 Å². The molecule has 186 valence electrons. The van der Waals surface area contributed by atoms with E-state index < -0.39 is 16.8 Å². The van der Waals surface area contributed by atoms with Crippen molar-refractivity contribution in [2.75, 3.05) is 24.7 Å². The van der Waals surface area contributed by atoms with E-state index in [1.165, 1.54) is 29.7 Å². The number of rotatable bonds is 5. The van der Waals surface area contributed by atoms with Gasteiger partial charge in [-0.1, -0.05) is 11.3 Å². The maximum Gasteiger partial charge on any atom is 0.410 e. The normalized spacial score (nSPS) is 15.7. The number of thiazole rings is 1. The zero-order chi connectivity index (χ0) is 25.2. The summed E-state index contributed by atoms with van der Waals surface area (Å²) in [5.74, 6) is -0.327. The van der Waals surface area contributed by atoms with Gasteiger partial charge in [0.25, 0.3) is 0 Å². The molecule has 1 aliphatic heterocycles. The van der Waals surface area contributed by atoms with Crippen molar-refractivity contribution in [2.24, 2.45) is 0 Å². The highest BCUT2D eigenvalue weighted by atomic mass is 32.2. The number of ether oxygens (including phenoxy) is 1. The zero-order valence-electron chi connectivity index (χ0n) is 20.1. The molecule has 1 unspecified atom stereocenters. The van der Waals surface area contributed by atoms with Crippen LogP contribution in [0.3, 0.4) is 0 Å². The van der Waals surface area contributed by atoms with Crippen LogP contribution in [-0.2, 0) is 15.9 Å². The number of nitrogens with zero attached hydrogens (tertiary/aromatic N) is 4.